The number of nitrogens with zero attached hydrogens (tertiary/aromatic N) is 1. The number of likely N-dealkylation sites (tertiary alicyclic amines) is 1. The molecule has 1 aliphatic rings. The Morgan fingerprint density at radius 2 is 2.25 bits per heavy atom. The maximum atomic E-state index is 11.8. The molecule has 0 radical (unpaired) electrons. The lowest BCUT2D eigenvalue weighted by molar-refractivity contribution is -0.148. The van der Waals surface area contributed by atoms with Crippen LogP contribution in [0.5, 0.6) is 0 Å². The molecule has 1 atom stereocenters. The third-order valence-corrected chi connectivity index (χ3v) is 3.33. The van der Waals surface area contributed by atoms with E-state index in [0.29, 0.717) is 18.9 Å². The SMILES string of the molecule is CCOC(=O)C1CCCN1Cc1ccc(C(=O)OC)o1. The lowest BCUT2D eigenvalue weighted by atomic mass is 10.2. The van der Waals surface area contributed by atoms with Gasteiger partial charge in [-0.2, -0.15) is 0 Å². The molecule has 0 aliphatic carbocycles. The number of carbonyl (C=O) groups is 2. The molecule has 1 aromatic heterocycles. The van der Waals surface area contributed by atoms with Gasteiger partial charge in [0.2, 0.25) is 5.76 Å². The molecule has 1 fully saturated rings. The summed E-state index contributed by atoms with van der Waals surface area (Å²) in [6.45, 7) is 3.49. The zero-order chi connectivity index (χ0) is 14.5. The van der Waals surface area contributed by atoms with Crippen molar-refractivity contribution in [1.82, 2.24) is 4.90 Å². The fourth-order valence-electron chi connectivity index (χ4n) is 2.39. The van der Waals surface area contributed by atoms with Gasteiger partial charge in [0.15, 0.2) is 0 Å². The van der Waals surface area contributed by atoms with Crippen molar-refractivity contribution in [2.75, 3.05) is 20.3 Å². The van der Waals surface area contributed by atoms with E-state index < -0.39 is 5.97 Å². The highest BCUT2D eigenvalue weighted by Crippen LogP contribution is 2.22. The van der Waals surface area contributed by atoms with E-state index in [-0.39, 0.29) is 17.8 Å². The molecule has 0 spiro atoms. The predicted molar refractivity (Wildman–Crippen MR) is 70.1 cm³/mol. The summed E-state index contributed by atoms with van der Waals surface area (Å²) < 4.78 is 15.1. The van der Waals surface area contributed by atoms with Gasteiger partial charge in [-0.3, -0.25) is 9.69 Å². The first-order valence-corrected chi connectivity index (χ1v) is 6.73. The van der Waals surface area contributed by atoms with Gasteiger partial charge < -0.3 is 13.9 Å². The number of hydrogen-bond donors (Lipinski definition) is 0. The van der Waals surface area contributed by atoms with Gasteiger partial charge in [-0.1, -0.05) is 0 Å². The normalized spacial score (nSPS) is 19.0. The average molecular weight is 281 g/mol. The van der Waals surface area contributed by atoms with Crippen LogP contribution in [-0.4, -0.2) is 43.1 Å². The first-order valence-electron chi connectivity index (χ1n) is 6.73. The molecule has 1 unspecified atom stereocenters. The van der Waals surface area contributed by atoms with Gasteiger partial charge in [-0.25, -0.2) is 4.79 Å². The Kier molecular flexibility index (Phi) is 4.79. The van der Waals surface area contributed by atoms with E-state index in [4.69, 9.17) is 9.15 Å². The number of ether oxygens (including phenoxy) is 2. The highest BCUT2D eigenvalue weighted by molar-refractivity contribution is 5.86. The average Bonchev–Trinajstić information content (AvgIpc) is 3.08. The second kappa shape index (κ2) is 6.56. The van der Waals surface area contributed by atoms with Crippen molar-refractivity contribution in [3.05, 3.63) is 23.7 Å². The van der Waals surface area contributed by atoms with Crippen LogP contribution in [0, 0.1) is 0 Å². The third-order valence-electron chi connectivity index (χ3n) is 3.33. The first kappa shape index (κ1) is 14.6. The highest BCUT2D eigenvalue weighted by Gasteiger charge is 2.32. The van der Waals surface area contributed by atoms with Gasteiger partial charge in [0, 0.05) is 0 Å². The van der Waals surface area contributed by atoms with Crippen molar-refractivity contribution in [3.63, 3.8) is 0 Å². The van der Waals surface area contributed by atoms with Gasteiger partial charge >= 0.3 is 11.9 Å². The predicted octanol–water partition coefficient (Wildman–Crippen LogP) is 1.59. The van der Waals surface area contributed by atoms with Crippen LogP contribution in [0.25, 0.3) is 0 Å². The molecule has 6 nitrogen and oxygen atoms in total. The molecular formula is C14H19NO5. The van der Waals surface area contributed by atoms with Crippen molar-refractivity contribution in [3.8, 4) is 0 Å². The molecule has 110 valence electrons. The van der Waals surface area contributed by atoms with Crippen molar-refractivity contribution in [2.45, 2.75) is 32.4 Å². The summed E-state index contributed by atoms with van der Waals surface area (Å²) in [6, 6.07) is 3.09. The van der Waals surface area contributed by atoms with Crippen LogP contribution in [0.2, 0.25) is 0 Å². The molecule has 1 aromatic rings. The molecule has 0 saturated carbocycles. The number of furan rings is 1. The van der Waals surface area contributed by atoms with E-state index in [9.17, 15) is 9.59 Å². The van der Waals surface area contributed by atoms with Crippen LogP contribution in [0.1, 0.15) is 36.1 Å². The minimum atomic E-state index is -0.500. The molecule has 0 N–H and O–H groups in total. The summed E-state index contributed by atoms with van der Waals surface area (Å²) >= 11 is 0. The van der Waals surface area contributed by atoms with E-state index in [1.54, 1.807) is 19.1 Å². The van der Waals surface area contributed by atoms with E-state index in [2.05, 4.69) is 4.74 Å². The van der Waals surface area contributed by atoms with E-state index >= 15 is 0 Å². The Morgan fingerprint density at radius 1 is 1.45 bits per heavy atom. The molecule has 0 bridgehead atoms. The van der Waals surface area contributed by atoms with Crippen molar-refractivity contribution < 1.29 is 23.5 Å². The monoisotopic (exact) mass is 281 g/mol. The fourth-order valence-corrected chi connectivity index (χ4v) is 2.39. The molecule has 0 amide bonds. The zero-order valence-corrected chi connectivity index (χ0v) is 11.8. The van der Waals surface area contributed by atoms with Crippen LogP contribution in [-0.2, 0) is 20.8 Å². The smallest absolute Gasteiger partial charge is 0.373 e. The standard InChI is InChI=1S/C14H19NO5/c1-3-19-13(16)11-5-4-8-15(11)9-10-6-7-12(20-10)14(17)18-2/h6-7,11H,3-5,8-9H2,1-2H3. The van der Waals surface area contributed by atoms with Crippen LogP contribution in [0.3, 0.4) is 0 Å². The van der Waals surface area contributed by atoms with Gasteiger partial charge in [-0.05, 0) is 38.4 Å². The minimum absolute atomic E-state index is 0.175. The van der Waals surface area contributed by atoms with Crippen LogP contribution < -0.4 is 0 Å². The third kappa shape index (κ3) is 3.19. The summed E-state index contributed by atoms with van der Waals surface area (Å²) in [5.74, 6) is 0.125. The molecule has 2 rings (SSSR count). The second-order valence-electron chi connectivity index (χ2n) is 4.64. The van der Waals surface area contributed by atoms with Crippen molar-refractivity contribution in [2.24, 2.45) is 0 Å². The Morgan fingerprint density at radius 3 is 2.95 bits per heavy atom. The topological polar surface area (TPSA) is 69.0 Å². The molecule has 6 heteroatoms. The zero-order valence-electron chi connectivity index (χ0n) is 11.8. The molecular weight excluding hydrogens is 262 g/mol. The lowest BCUT2D eigenvalue weighted by Crippen LogP contribution is -2.36. The minimum Gasteiger partial charge on any atom is -0.465 e. The molecule has 2 heterocycles. The second-order valence-corrected chi connectivity index (χ2v) is 4.64. The summed E-state index contributed by atoms with van der Waals surface area (Å²) in [6.07, 6.45) is 1.75. The number of methoxy groups -OCH3 is 1. The van der Waals surface area contributed by atoms with Crippen molar-refractivity contribution in [1.29, 1.82) is 0 Å². The lowest BCUT2D eigenvalue weighted by Gasteiger charge is -2.21. The van der Waals surface area contributed by atoms with Crippen LogP contribution in [0.4, 0.5) is 0 Å². The largest absolute Gasteiger partial charge is 0.465 e. The van der Waals surface area contributed by atoms with Gasteiger partial charge in [0.1, 0.15) is 11.8 Å². The van der Waals surface area contributed by atoms with Crippen LogP contribution in [0.15, 0.2) is 16.5 Å². The maximum absolute atomic E-state index is 11.8. The molecule has 1 saturated heterocycles. The summed E-state index contributed by atoms with van der Waals surface area (Å²) in [7, 11) is 1.31. The molecule has 1 aliphatic heterocycles. The first-order chi connectivity index (χ1) is 9.65. The highest BCUT2D eigenvalue weighted by atomic mass is 16.5. The number of hydrogen-bond acceptors (Lipinski definition) is 6. The Bertz CT molecular complexity index is 482. The van der Waals surface area contributed by atoms with Gasteiger partial charge in [-0.15, -0.1) is 0 Å². The fraction of sp³-hybridized carbons (Fsp3) is 0.571. The maximum Gasteiger partial charge on any atom is 0.373 e. The molecule has 0 aromatic carbocycles. The quantitative estimate of drug-likeness (QED) is 0.763. The summed E-state index contributed by atoms with van der Waals surface area (Å²) in [5.41, 5.74) is 0. The summed E-state index contributed by atoms with van der Waals surface area (Å²) in [5, 5.41) is 0. The number of carbonyl (C=O) groups excluding carboxylic acids is 2. The van der Waals surface area contributed by atoms with E-state index in [1.165, 1.54) is 7.11 Å². The Balaban J connectivity index is 1.99. The van der Waals surface area contributed by atoms with Gasteiger partial charge in [0.25, 0.3) is 0 Å². The van der Waals surface area contributed by atoms with Crippen LogP contribution >= 0.6 is 0 Å². The van der Waals surface area contributed by atoms with Crippen molar-refractivity contribution >= 4 is 11.9 Å². The number of esters is 2. The Labute approximate surface area is 117 Å². The van der Waals surface area contributed by atoms with E-state index in [1.807, 2.05) is 4.90 Å². The summed E-state index contributed by atoms with van der Waals surface area (Å²) in [4.78, 5) is 25.2. The van der Waals surface area contributed by atoms with Gasteiger partial charge in [0.05, 0.1) is 20.3 Å². The molecule has 20 heavy (non-hydrogen) atoms. The Hall–Kier alpha value is -1.82. The number of rotatable bonds is 5. The van der Waals surface area contributed by atoms with E-state index in [0.717, 1.165) is 19.4 Å².